The summed E-state index contributed by atoms with van der Waals surface area (Å²) in [6.07, 6.45) is -37.5. The van der Waals surface area contributed by atoms with Gasteiger partial charge in [0, 0.05) is 7.11 Å². The van der Waals surface area contributed by atoms with Gasteiger partial charge in [0.05, 0.1) is 44.7 Å². The van der Waals surface area contributed by atoms with E-state index in [9.17, 15) is 61.3 Å². The number of aliphatic hydroxyl groups is 12. The number of aliphatic hydroxyl groups excluding tert-OH is 12. The molecular weight excluding hydrogens is 790 g/mol. The predicted octanol–water partition coefficient (Wildman–Crippen LogP) is -8.04. The molecule has 0 aliphatic carbocycles. The largest absolute Gasteiger partial charge is 0.394 e. The molecule has 24 nitrogen and oxygen atoms in total. The summed E-state index contributed by atoms with van der Waals surface area (Å²) in [7, 11) is 1.28. The van der Waals surface area contributed by atoms with Crippen LogP contribution in [0.3, 0.4) is 0 Å². The second-order valence-electron chi connectivity index (χ2n) is 14.9. The molecule has 24 heteroatoms. The van der Waals surface area contributed by atoms with Crippen LogP contribution in [0.2, 0.25) is 0 Å². The van der Waals surface area contributed by atoms with E-state index in [1.54, 1.807) is 0 Å². The van der Waals surface area contributed by atoms with Crippen molar-refractivity contribution in [3.05, 3.63) is 12.7 Å². The van der Waals surface area contributed by atoms with Crippen LogP contribution < -0.4 is 5.73 Å². The van der Waals surface area contributed by atoms with Gasteiger partial charge in [0.2, 0.25) is 0 Å². The van der Waals surface area contributed by atoms with Crippen molar-refractivity contribution in [1.82, 2.24) is 0 Å². The standard InChI is InChI=1S/C34H59NO23/c1-5-6-49-31-25(47)28(19(41)13(8-37)52-31)57-30-15(35)27(56-32-23(45)20(42)16(38)10(2)50-32)26(14(54-30)9-48-4)55-34-29(22(44)18(40)12(7-36)53-34)58-33-24(46)21(43)17(39)11(3)51-33/h5,10-34,36-47H,1,6-9,35H2,2-4H3/t10?,11?,12?,13?,14?,15?,16-,17-,18+,19+,20?,21+,22+,23-,24?,25?,26-,27-,28+,29?,30+,31-,32+,33+,34+/m1/s1. The fraction of sp³-hybridized carbons (Fsp3) is 0.941. The van der Waals surface area contributed by atoms with Crippen LogP contribution in [0.1, 0.15) is 13.8 Å². The van der Waals surface area contributed by atoms with Crippen LogP contribution >= 0.6 is 0 Å². The Balaban J connectivity index is 1.50. The zero-order valence-electron chi connectivity index (χ0n) is 32.0. The smallest absolute Gasteiger partial charge is 0.187 e. The summed E-state index contributed by atoms with van der Waals surface area (Å²) in [6, 6.07) is -1.57. The molecule has 14 N–H and O–H groups in total. The van der Waals surface area contributed by atoms with Crippen molar-refractivity contribution in [3.8, 4) is 0 Å². The third-order valence-electron chi connectivity index (χ3n) is 10.8. The lowest BCUT2D eigenvalue weighted by Gasteiger charge is -2.51. The molecule has 58 heavy (non-hydrogen) atoms. The van der Waals surface area contributed by atoms with Crippen LogP contribution in [-0.2, 0) is 52.1 Å². The Morgan fingerprint density at radius 1 is 0.500 bits per heavy atom. The van der Waals surface area contributed by atoms with Gasteiger partial charge in [0.1, 0.15) is 104 Å². The lowest BCUT2D eigenvalue weighted by molar-refractivity contribution is -0.397. The molecule has 0 radical (unpaired) electrons. The summed E-state index contributed by atoms with van der Waals surface area (Å²) in [4.78, 5) is 0. The average Bonchev–Trinajstić information content (AvgIpc) is 3.20. The molecule has 0 bridgehead atoms. The van der Waals surface area contributed by atoms with Gasteiger partial charge in [0.25, 0.3) is 0 Å². The highest BCUT2D eigenvalue weighted by Gasteiger charge is 2.57. The summed E-state index contributed by atoms with van der Waals surface area (Å²) in [6.45, 7) is 4.27. The van der Waals surface area contributed by atoms with Gasteiger partial charge in [-0.25, -0.2) is 0 Å². The molecular formula is C34H59NO23. The van der Waals surface area contributed by atoms with E-state index in [0.29, 0.717) is 0 Å². The number of hydrogen-bond donors (Lipinski definition) is 13. The van der Waals surface area contributed by atoms with E-state index in [0.717, 1.165) is 0 Å². The van der Waals surface area contributed by atoms with Crippen molar-refractivity contribution in [3.63, 3.8) is 0 Å². The third kappa shape index (κ3) is 10.0. The van der Waals surface area contributed by atoms with E-state index < -0.39 is 167 Å². The highest BCUT2D eigenvalue weighted by atomic mass is 16.8. The molecule has 5 saturated heterocycles. The molecule has 5 rings (SSSR count). The quantitative estimate of drug-likeness (QED) is 0.0681. The van der Waals surface area contributed by atoms with Gasteiger partial charge in [0.15, 0.2) is 31.5 Å². The lowest BCUT2D eigenvalue weighted by Crippen LogP contribution is -2.70. The van der Waals surface area contributed by atoms with Gasteiger partial charge in [-0.15, -0.1) is 6.58 Å². The summed E-state index contributed by atoms with van der Waals surface area (Å²) in [5, 5.41) is 128. The molecule has 5 heterocycles. The molecule has 25 atom stereocenters. The van der Waals surface area contributed by atoms with Crippen molar-refractivity contribution < 1.29 is 113 Å². The maximum absolute atomic E-state index is 11.3. The molecule has 0 amide bonds. The van der Waals surface area contributed by atoms with Crippen LogP contribution in [-0.4, -0.2) is 248 Å². The molecule has 5 aliphatic heterocycles. The Kier molecular flexibility index (Phi) is 17.1. The Labute approximate surface area is 332 Å². The van der Waals surface area contributed by atoms with Crippen LogP contribution in [0.25, 0.3) is 0 Å². The van der Waals surface area contributed by atoms with E-state index in [2.05, 4.69) is 6.58 Å². The monoisotopic (exact) mass is 849 g/mol. The molecule has 0 aromatic heterocycles. The van der Waals surface area contributed by atoms with Crippen molar-refractivity contribution in [1.29, 1.82) is 0 Å². The Morgan fingerprint density at radius 3 is 1.52 bits per heavy atom. The summed E-state index contributed by atoms with van der Waals surface area (Å²) >= 11 is 0. The van der Waals surface area contributed by atoms with Gasteiger partial charge < -0.3 is 119 Å². The molecule has 5 fully saturated rings. The Hall–Kier alpha value is -1.22. The van der Waals surface area contributed by atoms with Crippen molar-refractivity contribution in [2.75, 3.05) is 33.5 Å². The van der Waals surface area contributed by atoms with E-state index >= 15 is 0 Å². The van der Waals surface area contributed by atoms with E-state index in [-0.39, 0.29) is 13.2 Å². The van der Waals surface area contributed by atoms with Crippen LogP contribution in [0, 0.1) is 0 Å². The number of methoxy groups -OCH3 is 1. The SMILES string of the molecule is C=CCO[C@@H]1OC(CO)[C@H](O)[C@H](O[C@@H]2OC(COC)[C@@H](O[C@@H]3OC(CO)[C@H](O)[C@H](O)C3O[C@@H]3OC(C)[C@@H](O)[C@H](O)C3O)[C@H](O[C@@H]3OC(C)[C@@H](O)C(O)[C@H]3O)C2N)C1O. The minimum absolute atomic E-state index is 0.0974. The van der Waals surface area contributed by atoms with Gasteiger partial charge >= 0.3 is 0 Å². The first-order chi connectivity index (χ1) is 27.5. The zero-order valence-corrected chi connectivity index (χ0v) is 32.0. The van der Waals surface area contributed by atoms with Crippen molar-refractivity contribution in [2.24, 2.45) is 5.73 Å². The zero-order chi connectivity index (χ0) is 42.7. The lowest BCUT2D eigenvalue weighted by atomic mass is 9.94. The minimum Gasteiger partial charge on any atom is -0.394 e. The molecule has 338 valence electrons. The van der Waals surface area contributed by atoms with E-state index in [1.165, 1.54) is 27.0 Å². The topological polar surface area (TPSA) is 370 Å². The van der Waals surface area contributed by atoms with Gasteiger partial charge in [-0.2, -0.15) is 0 Å². The van der Waals surface area contributed by atoms with Gasteiger partial charge in [-0.05, 0) is 13.8 Å². The number of ether oxygens (including phenoxy) is 11. The Bertz CT molecular complexity index is 1280. The van der Waals surface area contributed by atoms with E-state index in [1.807, 2.05) is 0 Å². The molecule has 5 aliphatic rings. The van der Waals surface area contributed by atoms with Crippen LogP contribution in [0.15, 0.2) is 12.7 Å². The van der Waals surface area contributed by atoms with E-state index in [4.69, 9.17) is 57.8 Å². The average molecular weight is 850 g/mol. The summed E-state index contributed by atoms with van der Waals surface area (Å²) in [5.74, 6) is 0. The van der Waals surface area contributed by atoms with Crippen molar-refractivity contribution >= 4 is 0 Å². The maximum Gasteiger partial charge on any atom is 0.187 e. The summed E-state index contributed by atoms with van der Waals surface area (Å²) < 4.78 is 64.1. The van der Waals surface area contributed by atoms with Gasteiger partial charge in [-0.1, -0.05) is 6.08 Å². The Morgan fingerprint density at radius 2 is 0.983 bits per heavy atom. The predicted molar refractivity (Wildman–Crippen MR) is 184 cm³/mol. The highest BCUT2D eigenvalue weighted by molar-refractivity contribution is 5.00. The first kappa shape index (κ1) is 47.8. The molecule has 0 spiro atoms. The second kappa shape index (κ2) is 20.8. The van der Waals surface area contributed by atoms with Gasteiger partial charge in [-0.3, -0.25) is 0 Å². The minimum atomic E-state index is -1.94. The number of hydrogen-bond acceptors (Lipinski definition) is 24. The molecule has 10 unspecified atom stereocenters. The molecule has 0 saturated carbocycles. The number of rotatable bonds is 15. The van der Waals surface area contributed by atoms with Crippen molar-refractivity contribution in [2.45, 2.75) is 167 Å². The summed E-state index contributed by atoms with van der Waals surface area (Å²) in [5.41, 5.74) is 6.74. The number of nitrogens with two attached hydrogens (primary N) is 1. The second-order valence-corrected chi connectivity index (χ2v) is 14.9. The first-order valence-electron chi connectivity index (χ1n) is 18.9. The fourth-order valence-corrected chi connectivity index (χ4v) is 7.38. The molecule has 0 aromatic carbocycles. The van der Waals surface area contributed by atoms with Crippen LogP contribution in [0.5, 0.6) is 0 Å². The first-order valence-corrected chi connectivity index (χ1v) is 18.9. The highest BCUT2D eigenvalue weighted by Crippen LogP contribution is 2.37. The molecule has 0 aromatic rings. The third-order valence-corrected chi connectivity index (χ3v) is 10.8. The fourth-order valence-electron chi connectivity index (χ4n) is 7.38. The maximum atomic E-state index is 11.3. The van der Waals surface area contributed by atoms with Crippen LogP contribution in [0.4, 0.5) is 0 Å². The normalized spacial score (nSPS) is 51.7.